The van der Waals surface area contributed by atoms with Crippen LogP contribution < -0.4 is 10.6 Å². The summed E-state index contributed by atoms with van der Waals surface area (Å²) in [7, 11) is 0. The van der Waals surface area contributed by atoms with Gasteiger partial charge in [0.2, 0.25) is 0 Å². The van der Waals surface area contributed by atoms with Crippen LogP contribution in [0.1, 0.15) is 24.4 Å². The van der Waals surface area contributed by atoms with E-state index < -0.39 is 0 Å². The molecule has 2 bridgehead atoms. The average molecular weight is 289 g/mol. The second-order valence-electron chi connectivity index (χ2n) is 5.65. The molecule has 1 atom stereocenters. The quantitative estimate of drug-likeness (QED) is 0.776. The van der Waals surface area contributed by atoms with Gasteiger partial charge in [0.15, 0.2) is 5.11 Å². The molecule has 0 aromatic heterocycles. The van der Waals surface area contributed by atoms with Crippen molar-refractivity contribution >= 4 is 17.3 Å². The van der Waals surface area contributed by atoms with Gasteiger partial charge < -0.3 is 15.5 Å². The minimum atomic E-state index is -0.201. The minimum absolute atomic E-state index is 0.0763. The van der Waals surface area contributed by atoms with Crippen LogP contribution in [0.4, 0.5) is 4.39 Å². The Labute approximate surface area is 122 Å². The SMILES string of the molecule is Fc1ccc([C@H]2NC(=S)NC3=C2C2CCN3CC2)cc1. The third-order valence-corrected chi connectivity index (χ3v) is 4.77. The summed E-state index contributed by atoms with van der Waals surface area (Å²) in [6.45, 7) is 2.21. The molecule has 0 unspecified atom stereocenters. The highest BCUT2D eigenvalue weighted by Gasteiger charge is 2.40. The number of thiocarbonyl (C=S) groups is 1. The first-order valence-corrected chi connectivity index (χ1v) is 7.45. The average Bonchev–Trinajstić information content (AvgIpc) is 2.48. The molecule has 1 saturated heterocycles. The first-order chi connectivity index (χ1) is 9.72. The molecule has 0 amide bonds. The first kappa shape index (κ1) is 12.1. The molecular weight excluding hydrogens is 273 g/mol. The van der Waals surface area contributed by atoms with Crippen LogP contribution in [0.3, 0.4) is 0 Å². The minimum Gasteiger partial charge on any atom is -0.358 e. The summed E-state index contributed by atoms with van der Waals surface area (Å²) in [6.07, 6.45) is 2.40. The summed E-state index contributed by atoms with van der Waals surface area (Å²) in [6, 6.07) is 6.81. The van der Waals surface area contributed by atoms with Crippen molar-refractivity contribution in [2.75, 3.05) is 13.1 Å². The predicted molar refractivity (Wildman–Crippen MR) is 79.3 cm³/mol. The fraction of sp³-hybridized carbons (Fsp3) is 0.400. The van der Waals surface area contributed by atoms with Gasteiger partial charge in [-0.05, 0) is 48.7 Å². The van der Waals surface area contributed by atoms with E-state index in [-0.39, 0.29) is 11.9 Å². The number of hydrogen-bond acceptors (Lipinski definition) is 2. The Morgan fingerprint density at radius 1 is 1.15 bits per heavy atom. The maximum Gasteiger partial charge on any atom is 0.172 e. The van der Waals surface area contributed by atoms with Crippen LogP contribution in [0.15, 0.2) is 35.7 Å². The summed E-state index contributed by atoms with van der Waals surface area (Å²) in [5.74, 6) is 1.59. The fourth-order valence-electron chi connectivity index (χ4n) is 3.58. The fourth-order valence-corrected chi connectivity index (χ4v) is 3.80. The smallest absolute Gasteiger partial charge is 0.172 e. The van der Waals surface area contributed by atoms with Crippen LogP contribution in [0.25, 0.3) is 0 Å². The topological polar surface area (TPSA) is 27.3 Å². The van der Waals surface area contributed by atoms with Gasteiger partial charge in [0, 0.05) is 18.7 Å². The maximum atomic E-state index is 13.1. The van der Waals surface area contributed by atoms with Crippen molar-refractivity contribution in [3.63, 3.8) is 0 Å². The highest BCUT2D eigenvalue weighted by atomic mass is 32.1. The molecule has 0 saturated carbocycles. The Morgan fingerprint density at radius 2 is 1.85 bits per heavy atom. The van der Waals surface area contributed by atoms with Gasteiger partial charge in [-0.1, -0.05) is 12.1 Å². The van der Waals surface area contributed by atoms with E-state index in [0.717, 1.165) is 18.7 Å². The monoisotopic (exact) mass is 289 g/mol. The highest BCUT2D eigenvalue weighted by Crippen LogP contribution is 2.42. The van der Waals surface area contributed by atoms with E-state index >= 15 is 0 Å². The second-order valence-corrected chi connectivity index (χ2v) is 6.06. The number of halogens is 1. The van der Waals surface area contributed by atoms with E-state index in [1.165, 1.54) is 36.4 Å². The van der Waals surface area contributed by atoms with Crippen molar-refractivity contribution in [3.8, 4) is 0 Å². The normalized spacial score (nSPS) is 25.4. The Kier molecular flexibility index (Phi) is 2.70. The third-order valence-electron chi connectivity index (χ3n) is 4.55. The van der Waals surface area contributed by atoms with E-state index in [9.17, 15) is 4.39 Å². The lowest BCUT2D eigenvalue weighted by Gasteiger charge is -2.48. The molecule has 0 spiro atoms. The lowest BCUT2D eigenvalue weighted by atomic mass is 9.78. The van der Waals surface area contributed by atoms with Gasteiger partial charge >= 0.3 is 0 Å². The zero-order valence-corrected chi connectivity index (χ0v) is 11.8. The van der Waals surface area contributed by atoms with E-state index in [0.29, 0.717) is 11.0 Å². The summed E-state index contributed by atoms with van der Waals surface area (Å²) >= 11 is 5.34. The van der Waals surface area contributed by atoms with Gasteiger partial charge in [-0.15, -0.1) is 0 Å². The molecule has 1 aromatic rings. The Balaban J connectivity index is 1.80. The van der Waals surface area contributed by atoms with Crippen molar-refractivity contribution in [3.05, 3.63) is 47.0 Å². The molecular formula is C15H16FN3S. The number of fused-ring (bicyclic) bond motifs is 2. The zero-order valence-electron chi connectivity index (χ0n) is 11.0. The summed E-state index contributed by atoms with van der Waals surface area (Å²) in [5, 5.41) is 7.32. The first-order valence-electron chi connectivity index (χ1n) is 7.04. The number of piperidine rings is 1. The number of rotatable bonds is 1. The molecule has 2 N–H and O–H groups in total. The van der Waals surface area contributed by atoms with Crippen LogP contribution in [-0.4, -0.2) is 23.1 Å². The van der Waals surface area contributed by atoms with Crippen molar-refractivity contribution in [2.45, 2.75) is 18.9 Å². The van der Waals surface area contributed by atoms with Gasteiger partial charge in [-0.2, -0.15) is 0 Å². The molecule has 4 aliphatic heterocycles. The third kappa shape index (κ3) is 1.80. The van der Waals surface area contributed by atoms with Crippen LogP contribution in [0.5, 0.6) is 0 Å². The lowest BCUT2D eigenvalue weighted by Crippen LogP contribution is -2.55. The highest BCUT2D eigenvalue weighted by molar-refractivity contribution is 7.80. The Hall–Kier alpha value is -1.62. The van der Waals surface area contributed by atoms with Gasteiger partial charge in [-0.3, -0.25) is 0 Å². The summed E-state index contributed by atoms with van der Waals surface area (Å²) in [4.78, 5) is 2.39. The zero-order chi connectivity index (χ0) is 13.7. The van der Waals surface area contributed by atoms with Crippen molar-refractivity contribution in [2.24, 2.45) is 5.92 Å². The maximum absolute atomic E-state index is 13.1. The molecule has 5 rings (SSSR count). The second kappa shape index (κ2) is 4.45. The molecule has 3 nitrogen and oxygen atoms in total. The number of nitrogens with zero attached hydrogens (tertiary/aromatic N) is 1. The van der Waals surface area contributed by atoms with Gasteiger partial charge in [-0.25, -0.2) is 4.39 Å². The van der Waals surface area contributed by atoms with E-state index in [1.54, 1.807) is 0 Å². The molecule has 4 heterocycles. The van der Waals surface area contributed by atoms with Crippen LogP contribution in [0, 0.1) is 11.7 Å². The lowest BCUT2D eigenvalue weighted by molar-refractivity contribution is 0.184. The number of hydrogen-bond donors (Lipinski definition) is 2. The van der Waals surface area contributed by atoms with Gasteiger partial charge in [0.05, 0.1) is 6.04 Å². The largest absolute Gasteiger partial charge is 0.358 e. The van der Waals surface area contributed by atoms with Crippen molar-refractivity contribution < 1.29 is 4.39 Å². The predicted octanol–water partition coefficient (Wildman–Crippen LogP) is 2.28. The standard InChI is InChI=1S/C15H16FN3S/c16-11-3-1-10(2-4-11)13-12-9-5-7-19(8-6-9)14(12)18-15(20)17-13/h1-4,9,13H,5-8H2,(H2,17,18,20)/t13-/m1/s1. The molecule has 1 fully saturated rings. The molecule has 20 heavy (non-hydrogen) atoms. The van der Waals surface area contributed by atoms with Crippen molar-refractivity contribution in [1.82, 2.24) is 15.5 Å². The molecule has 5 heteroatoms. The molecule has 0 aliphatic carbocycles. The number of benzene rings is 1. The van der Waals surface area contributed by atoms with Crippen LogP contribution in [0.2, 0.25) is 0 Å². The van der Waals surface area contributed by atoms with Crippen LogP contribution >= 0.6 is 12.2 Å². The van der Waals surface area contributed by atoms with Crippen molar-refractivity contribution in [1.29, 1.82) is 0 Å². The molecule has 1 aromatic carbocycles. The van der Waals surface area contributed by atoms with Gasteiger partial charge in [0.1, 0.15) is 11.6 Å². The summed E-state index contributed by atoms with van der Waals surface area (Å²) in [5.41, 5.74) is 2.47. The number of nitrogens with one attached hydrogen (secondary N) is 2. The van der Waals surface area contributed by atoms with Crippen LogP contribution in [-0.2, 0) is 0 Å². The Morgan fingerprint density at radius 3 is 2.55 bits per heavy atom. The molecule has 4 aliphatic rings. The van der Waals surface area contributed by atoms with Gasteiger partial charge in [0.25, 0.3) is 0 Å². The van der Waals surface area contributed by atoms with E-state index in [2.05, 4.69) is 15.5 Å². The summed E-state index contributed by atoms with van der Waals surface area (Å²) < 4.78 is 13.1. The molecule has 0 radical (unpaired) electrons. The van der Waals surface area contributed by atoms with E-state index in [4.69, 9.17) is 12.2 Å². The Bertz CT molecular complexity index is 588. The molecule has 104 valence electrons. The van der Waals surface area contributed by atoms with E-state index in [1.807, 2.05) is 12.1 Å².